The van der Waals surface area contributed by atoms with Gasteiger partial charge in [0.25, 0.3) is 0 Å². The number of aromatic hydroxyl groups is 1. The van der Waals surface area contributed by atoms with E-state index in [1.807, 2.05) is 0 Å². The lowest BCUT2D eigenvalue weighted by Gasteiger charge is -2.15. The van der Waals surface area contributed by atoms with E-state index in [2.05, 4.69) is 10.9 Å². The number of hydrazine groups is 1. The van der Waals surface area contributed by atoms with E-state index >= 15 is 0 Å². The highest BCUT2D eigenvalue weighted by Crippen LogP contribution is 2.21. The fourth-order valence-corrected chi connectivity index (χ4v) is 1.41. The molecule has 0 aromatic heterocycles. The van der Waals surface area contributed by atoms with Crippen LogP contribution in [-0.2, 0) is 16.3 Å². The number of rotatable bonds is 7. The number of nitrogens with two attached hydrogens (primary N) is 1. The Bertz CT molecular complexity index is 411. The Kier molecular flexibility index (Phi) is 5.37. The molecule has 18 heavy (non-hydrogen) atoms. The predicted molar refractivity (Wildman–Crippen MR) is 64.3 cm³/mol. The highest BCUT2D eigenvalue weighted by Gasteiger charge is 2.17. The molecule has 1 atom stereocenters. The topological polar surface area (TPSA) is 128 Å². The van der Waals surface area contributed by atoms with Gasteiger partial charge in [-0.15, -0.1) is 0 Å². The number of hydrogen-bond donors (Lipinski definition) is 5. The summed E-state index contributed by atoms with van der Waals surface area (Å²) < 4.78 is 0. The van der Waals surface area contributed by atoms with Crippen molar-refractivity contribution in [3.63, 3.8) is 0 Å². The quantitative estimate of drug-likeness (QED) is 0.193. The van der Waals surface area contributed by atoms with E-state index in [1.165, 1.54) is 12.1 Å². The summed E-state index contributed by atoms with van der Waals surface area (Å²) in [6.45, 7) is -0.201. The molecule has 0 aliphatic heterocycles. The van der Waals surface area contributed by atoms with Crippen molar-refractivity contribution < 1.29 is 20.1 Å². The van der Waals surface area contributed by atoms with Gasteiger partial charge in [0.2, 0.25) is 0 Å². The van der Waals surface area contributed by atoms with Crippen molar-refractivity contribution in [3.05, 3.63) is 23.8 Å². The van der Waals surface area contributed by atoms with Crippen molar-refractivity contribution in [2.75, 3.05) is 18.9 Å². The van der Waals surface area contributed by atoms with E-state index in [1.54, 1.807) is 6.07 Å². The fourth-order valence-electron chi connectivity index (χ4n) is 1.41. The molecule has 0 unspecified atom stereocenters. The molecule has 0 heterocycles. The van der Waals surface area contributed by atoms with Crippen LogP contribution in [0.25, 0.3) is 0 Å². The molecule has 0 amide bonds. The van der Waals surface area contributed by atoms with Gasteiger partial charge in [-0.05, 0) is 24.1 Å². The molecule has 0 aliphatic rings. The first-order valence-corrected chi connectivity index (χ1v) is 5.41. The van der Waals surface area contributed by atoms with Gasteiger partial charge >= 0.3 is 5.97 Å². The van der Waals surface area contributed by atoms with E-state index in [9.17, 15) is 15.0 Å². The van der Waals surface area contributed by atoms with E-state index in [-0.39, 0.29) is 31.0 Å². The maximum absolute atomic E-state index is 11.0. The summed E-state index contributed by atoms with van der Waals surface area (Å²) in [7, 11) is 0. The number of nitrogen functional groups attached to an aromatic ring is 1. The molecule has 1 aromatic rings. The van der Waals surface area contributed by atoms with Crippen LogP contribution in [-0.4, -0.2) is 35.4 Å². The summed E-state index contributed by atoms with van der Waals surface area (Å²) in [6, 6.07) is 3.65. The summed E-state index contributed by atoms with van der Waals surface area (Å²) in [5.74, 6) is -1.08. The zero-order valence-corrected chi connectivity index (χ0v) is 9.72. The first kappa shape index (κ1) is 14.2. The second kappa shape index (κ2) is 6.80. The zero-order valence-electron chi connectivity index (χ0n) is 9.72. The minimum Gasteiger partial charge on any atom is -0.506 e. The third-order valence-electron chi connectivity index (χ3n) is 2.33. The molecular weight excluding hydrogens is 238 g/mol. The van der Waals surface area contributed by atoms with Gasteiger partial charge in [-0.25, -0.2) is 10.5 Å². The number of carboxylic acid groups (broad SMARTS) is 1. The lowest BCUT2D eigenvalue weighted by atomic mass is 10.1. The van der Waals surface area contributed by atoms with Crippen LogP contribution in [0.15, 0.2) is 18.2 Å². The molecular formula is C11H16N3O4. The van der Waals surface area contributed by atoms with Crippen LogP contribution in [0.1, 0.15) is 5.56 Å². The Balaban J connectivity index is 2.64. The number of hydrogen-bond acceptors (Lipinski definition) is 5. The molecule has 7 nitrogen and oxygen atoms in total. The Hall–Kier alpha value is -1.83. The Morgan fingerprint density at radius 1 is 1.44 bits per heavy atom. The lowest BCUT2D eigenvalue weighted by molar-refractivity contribution is -0.139. The maximum Gasteiger partial charge on any atom is 0.322 e. The number of carboxylic acids is 1. The predicted octanol–water partition coefficient (Wildman–Crippen LogP) is -0.505. The number of nitrogens with one attached hydrogen (secondary N) is 2. The maximum atomic E-state index is 11.0. The normalized spacial score (nSPS) is 12.3. The van der Waals surface area contributed by atoms with Crippen molar-refractivity contribution >= 4 is 11.7 Å². The molecule has 99 valence electrons. The third-order valence-corrected chi connectivity index (χ3v) is 2.33. The Morgan fingerprint density at radius 2 is 2.17 bits per heavy atom. The average molecular weight is 254 g/mol. The molecule has 0 fully saturated rings. The minimum atomic E-state index is -1.04. The molecule has 0 saturated heterocycles. The molecule has 0 aliphatic carbocycles. The summed E-state index contributed by atoms with van der Waals surface area (Å²) >= 11 is 0. The highest BCUT2D eigenvalue weighted by atomic mass is 16.4. The summed E-state index contributed by atoms with van der Waals surface area (Å²) in [5.41, 5.74) is 11.5. The average Bonchev–Trinajstić information content (AvgIpc) is 2.32. The van der Waals surface area contributed by atoms with Crippen LogP contribution >= 0.6 is 0 Å². The van der Waals surface area contributed by atoms with Gasteiger partial charge in [0.15, 0.2) is 0 Å². The van der Waals surface area contributed by atoms with Crippen molar-refractivity contribution in [1.29, 1.82) is 0 Å². The van der Waals surface area contributed by atoms with Crippen molar-refractivity contribution in [3.8, 4) is 5.75 Å². The molecule has 7 heteroatoms. The van der Waals surface area contributed by atoms with Crippen LogP contribution in [0, 0.1) is 0 Å². The van der Waals surface area contributed by atoms with Crippen LogP contribution in [0.3, 0.4) is 0 Å². The first-order chi connectivity index (χ1) is 8.54. The van der Waals surface area contributed by atoms with Crippen LogP contribution in [0.4, 0.5) is 5.69 Å². The third kappa shape index (κ3) is 4.21. The van der Waals surface area contributed by atoms with E-state index < -0.39 is 12.0 Å². The second-order valence-electron chi connectivity index (χ2n) is 3.76. The fraction of sp³-hybridized carbons (Fsp3) is 0.364. The zero-order chi connectivity index (χ0) is 13.5. The standard InChI is InChI=1S/C11H16N3O4/c12-8-5-7(1-2-10(8)16)6-9(11(17)18)14-13-3-4-15/h1-2,5,9,13-14,16H,3-4,6,12H2,(H,17,18)/t9-/m0/s1. The minimum absolute atomic E-state index is 0.0388. The Morgan fingerprint density at radius 3 is 2.72 bits per heavy atom. The lowest BCUT2D eigenvalue weighted by Crippen LogP contribution is -2.47. The first-order valence-electron chi connectivity index (χ1n) is 5.41. The van der Waals surface area contributed by atoms with E-state index in [0.29, 0.717) is 5.56 Å². The monoisotopic (exact) mass is 254 g/mol. The molecule has 1 aromatic carbocycles. The number of anilines is 1. The summed E-state index contributed by atoms with van der Waals surface area (Å²) in [6.07, 6.45) is 0.186. The molecule has 1 rings (SSSR count). The smallest absolute Gasteiger partial charge is 0.322 e. The molecule has 0 saturated carbocycles. The van der Waals surface area contributed by atoms with Gasteiger partial charge in [-0.1, -0.05) is 6.07 Å². The highest BCUT2D eigenvalue weighted by molar-refractivity contribution is 5.74. The number of aliphatic carboxylic acids is 1. The molecule has 6 N–H and O–H groups in total. The van der Waals surface area contributed by atoms with Crippen molar-refractivity contribution in [1.82, 2.24) is 10.9 Å². The van der Waals surface area contributed by atoms with E-state index in [4.69, 9.17) is 10.8 Å². The summed E-state index contributed by atoms with van der Waals surface area (Å²) in [4.78, 5) is 11.0. The van der Waals surface area contributed by atoms with Gasteiger partial charge in [0.1, 0.15) is 11.8 Å². The van der Waals surface area contributed by atoms with Gasteiger partial charge in [-0.2, -0.15) is 0 Å². The SMILES string of the molecule is Nc1cc(C[C@H](NNCC[O])C(=O)O)ccc1O. The largest absolute Gasteiger partial charge is 0.506 e. The van der Waals surface area contributed by atoms with Crippen molar-refractivity contribution in [2.24, 2.45) is 0 Å². The summed E-state index contributed by atoms with van der Waals surface area (Å²) in [5, 5.41) is 28.5. The Labute approximate surface area is 104 Å². The molecule has 1 radical (unpaired) electrons. The molecule has 0 spiro atoms. The van der Waals surface area contributed by atoms with Gasteiger partial charge in [-0.3, -0.25) is 10.2 Å². The van der Waals surface area contributed by atoms with Gasteiger partial charge in [0, 0.05) is 6.54 Å². The number of benzene rings is 1. The van der Waals surface area contributed by atoms with Crippen LogP contribution < -0.4 is 16.6 Å². The number of phenols is 1. The van der Waals surface area contributed by atoms with Crippen molar-refractivity contribution in [2.45, 2.75) is 12.5 Å². The second-order valence-corrected chi connectivity index (χ2v) is 3.76. The van der Waals surface area contributed by atoms with Gasteiger partial charge < -0.3 is 15.9 Å². The van der Waals surface area contributed by atoms with Gasteiger partial charge in [0.05, 0.1) is 12.3 Å². The van der Waals surface area contributed by atoms with E-state index in [0.717, 1.165) is 0 Å². The molecule has 0 bridgehead atoms. The number of phenolic OH excluding ortho intramolecular Hbond substituents is 1. The van der Waals surface area contributed by atoms with Crippen LogP contribution in [0.5, 0.6) is 5.75 Å². The number of carbonyl (C=O) groups is 1. The van der Waals surface area contributed by atoms with Crippen LogP contribution in [0.2, 0.25) is 0 Å².